The van der Waals surface area contributed by atoms with Crippen LogP contribution >= 0.6 is 11.6 Å². The van der Waals surface area contributed by atoms with Crippen molar-refractivity contribution >= 4 is 35.1 Å². The van der Waals surface area contributed by atoms with Crippen LogP contribution in [-0.2, 0) is 17.6 Å². The molecule has 0 aliphatic heterocycles. The minimum absolute atomic E-state index is 0.0703. The van der Waals surface area contributed by atoms with E-state index in [-0.39, 0.29) is 40.1 Å². The average Bonchev–Trinajstić information content (AvgIpc) is 2.95. The lowest BCUT2D eigenvalue weighted by Gasteiger charge is -2.39. The van der Waals surface area contributed by atoms with Crippen LogP contribution in [0.25, 0.3) is 0 Å². The highest BCUT2D eigenvalue weighted by molar-refractivity contribution is 6.31. The number of amides is 1. The number of carbonyl (C=O) groups is 2. The number of nitrogens with two attached hydrogens (primary N) is 2. The van der Waals surface area contributed by atoms with Gasteiger partial charge in [0, 0.05) is 12.8 Å². The Kier molecular flexibility index (Phi) is 11.5. The van der Waals surface area contributed by atoms with Crippen LogP contribution in [0.2, 0.25) is 5.15 Å². The molecule has 2 aromatic carbocycles. The number of hydrogen-bond acceptors (Lipinski definition) is 9. The molecule has 0 unspecified atom stereocenters. The molecule has 3 aromatic rings. The Balaban J connectivity index is 1.72. The summed E-state index contributed by atoms with van der Waals surface area (Å²) >= 11 is 5.92. The smallest absolute Gasteiger partial charge is 0.273 e. The van der Waals surface area contributed by atoms with E-state index in [9.17, 15) is 14.7 Å². The number of carbonyl (C=O) groups excluding carboxylic acids is 2. The molecule has 220 valence electrons. The number of carboxylic acids is 1. The van der Waals surface area contributed by atoms with Crippen LogP contribution in [0, 0.1) is 0 Å². The monoisotopic (exact) mass is 584 g/mol. The zero-order chi connectivity index (χ0) is 29.8. The van der Waals surface area contributed by atoms with Crippen LogP contribution in [0.5, 0.6) is 11.5 Å². The highest BCUT2D eigenvalue weighted by Gasteiger charge is 2.28. The first-order valence-corrected chi connectivity index (χ1v) is 13.7. The summed E-state index contributed by atoms with van der Waals surface area (Å²) in [6.45, 7) is 1.51. The summed E-state index contributed by atoms with van der Waals surface area (Å²) < 4.78 is 10.7. The first kappa shape index (κ1) is 31.4. The van der Waals surface area contributed by atoms with Gasteiger partial charge in [0.05, 0.1) is 46.4 Å². The Morgan fingerprint density at radius 3 is 1.83 bits per heavy atom. The number of nitrogens with one attached hydrogen (secondary N) is 1. The van der Waals surface area contributed by atoms with Gasteiger partial charge in [0.2, 0.25) is 0 Å². The first-order valence-electron chi connectivity index (χ1n) is 13.3. The third-order valence-corrected chi connectivity index (χ3v) is 7.25. The summed E-state index contributed by atoms with van der Waals surface area (Å²) in [7, 11) is 3.24. The lowest BCUT2D eigenvalue weighted by molar-refractivity contribution is -0.922. The number of hydrogen-bond donors (Lipinski definition) is 3. The van der Waals surface area contributed by atoms with Crippen molar-refractivity contribution in [2.75, 3.05) is 58.4 Å². The number of anilines is 2. The van der Waals surface area contributed by atoms with E-state index in [0.29, 0.717) is 19.6 Å². The van der Waals surface area contributed by atoms with E-state index < -0.39 is 11.9 Å². The Bertz CT molecular complexity index is 1250. The third-order valence-electron chi connectivity index (χ3n) is 6.97. The van der Waals surface area contributed by atoms with Gasteiger partial charge in [-0.25, -0.2) is 9.97 Å². The van der Waals surface area contributed by atoms with Gasteiger partial charge in [-0.2, -0.15) is 0 Å². The fourth-order valence-corrected chi connectivity index (χ4v) is 4.89. The molecule has 3 rings (SSSR count). The van der Waals surface area contributed by atoms with Crippen LogP contribution in [0.4, 0.5) is 11.6 Å². The van der Waals surface area contributed by atoms with Crippen molar-refractivity contribution in [3.63, 3.8) is 0 Å². The summed E-state index contributed by atoms with van der Waals surface area (Å²) in [4.78, 5) is 32.5. The van der Waals surface area contributed by atoms with E-state index in [4.69, 9.17) is 32.5 Å². The number of aryl methyl sites for hydroxylation is 2. The number of aliphatic carboxylic acids is 1. The summed E-state index contributed by atoms with van der Waals surface area (Å²) in [6, 6.07) is 15.6. The molecule has 5 N–H and O–H groups in total. The van der Waals surface area contributed by atoms with Crippen molar-refractivity contribution in [1.82, 2.24) is 15.3 Å². The molecule has 0 bridgehead atoms. The van der Waals surface area contributed by atoms with Crippen LogP contribution in [0.15, 0.2) is 48.5 Å². The summed E-state index contributed by atoms with van der Waals surface area (Å²) in [5.74, 6) is -0.376. The van der Waals surface area contributed by atoms with E-state index in [1.165, 1.54) is 0 Å². The zero-order valence-electron chi connectivity index (χ0n) is 23.4. The number of methoxy groups -OCH3 is 2. The number of benzene rings is 2. The molecule has 0 spiro atoms. The minimum Gasteiger partial charge on any atom is -0.544 e. The quantitative estimate of drug-likeness (QED) is 0.213. The maximum absolute atomic E-state index is 12.8. The number of halogens is 1. The number of ether oxygens (including phenoxy) is 2. The molecule has 0 fully saturated rings. The molecule has 0 aliphatic rings. The maximum Gasteiger partial charge on any atom is 0.273 e. The van der Waals surface area contributed by atoms with Gasteiger partial charge in [-0.1, -0.05) is 35.9 Å². The molecule has 1 heterocycles. The molecule has 0 radical (unpaired) electrons. The van der Waals surface area contributed by atoms with Crippen LogP contribution < -0.4 is 31.4 Å². The van der Waals surface area contributed by atoms with Gasteiger partial charge in [-0.05, 0) is 48.2 Å². The van der Waals surface area contributed by atoms with E-state index in [1.807, 2.05) is 48.5 Å². The van der Waals surface area contributed by atoms with Gasteiger partial charge in [0.25, 0.3) is 5.91 Å². The molecular formula is C29H37ClN6O5. The number of nitrogen functional groups attached to an aromatic ring is 2. The predicted molar refractivity (Wildman–Crippen MR) is 156 cm³/mol. The van der Waals surface area contributed by atoms with Crippen LogP contribution in [0.3, 0.4) is 0 Å². The molecular weight excluding hydrogens is 548 g/mol. The van der Waals surface area contributed by atoms with E-state index in [0.717, 1.165) is 48.3 Å². The van der Waals surface area contributed by atoms with E-state index >= 15 is 0 Å². The molecule has 41 heavy (non-hydrogen) atoms. The van der Waals surface area contributed by atoms with Gasteiger partial charge < -0.3 is 40.6 Å². The van der Waals surface area contributed by atoms with Crippen molar-refractivity contribution in [1.29, 1.82) is 0 Å². The van der Waals surface area contributed by atoms with Crippen molar-refractivity contribution in [2.24, 2.45) is 0 Å². The SMILES string of the molecule is COc1ccc(CCC[N+](CCCc2ccc(OC)cc2)(CCNC(=O)c2nc(Cl)c(N)nc2N)CC(=O)[O-])cc1. The fraction of sp³-hybridized carbons (Fsp3) is 0.379. The van der Waals surface area contributed by atoms with Gasteiger partial charge >= 0.3 is 0 Å². The van der Waals surface area contributed by atoms with Gasteiger partial charge in [0.1, 0.15) is 18.0 Å². The predicted octanol–water partition coefficient (Wildman–Crippen LogP) is 1.87. The normalized spacial score (nSPS) is 11.2. The van der Waals surface area contributed by atoms with E-state index in [2.05, 4.69) is 15.3 Å². The Morgan fingerprint density at radius 1 is 0.854 bits per heavy atom. The minimum atomic E-state index is -1.15. The molecule has 0 saturated heterocycles. The maximum atomic E-state index is 12.8. The van der Waals surface area contributed by atoms with Crippen LogP contribution in [0.1, 0.15) is 34.5 Å². The van der Waals surface area contributed by atoms with Crippen molar-refractivity contribution in [3.05, 3.63) is 70.5 Å². The molecule has 0 aliphatic carbocycles. The Morgan fingerprint density at radius 2 is 1.37 bits per heavy atom. The van der Waals surface area contributed by atoms with Crippen molar-refractivity contribution in [3.8, 4) is 11.5 Å². The second-order valence-corrected chi connectivity index (χ2v) is 10.2. The lowest BCUT2D eigenvalue weighted by atomic mass is 10.1. The molecule has 0 saturated carbocycles. The molecule has 1 aromatic heterocycles. The summed E-state index contributed by atoms with van der Waals surface area (Å²) in [5.41, 5.74) is 13.5. The second-order valence-electron chi connectivity index (χ2n) is 9.84. The third kappa shape index (κ3) is 9.51. The number of aromatic nitrogens is 2. The van der Waals surface area contributed by atoms with Crippen LogP contribution in [-0.4, -0.2) is 73.3 Å². The first-order chi connectivity index (χ1) is 19.6. The highest BCUT2D eigenvalue weighted by Crippen LogP contribution is 2.19. The van der Waals surface area contributed by atoms with Gasteiger partial charge in [-0.3, -0.25) is 4.79 Å². The Hall–Kier alpha value is -4.09. The Labute approximate surface area is 245 Å². The largest absolute Gasteiger partial charge is 0.544 e. The van der Waals surface area contributed by atoms with Gasteiger partial charge in [-0.15, -0.1) is 0 Å². The van der Waals surface area contributed by atoms with Crippen molar-refractivity contribution < 1.29 is 28.7 Å². The van der Waals surface area contributed by atoms with Crippen molar-refractivity contribution in [2.45, 2.75) is 25.7 Å². The molecule has 12 heteroatoms. The molecule has 11 nitrogen and oxygen atoms in total. The highest BCUT2D eigenvalue weighted by atomic mass is 35.5. The summed E-state index contributed by atoms with van der Waals surface area (Å²) in [6.07, 6.45) is 3.00. The number of quaternary nitrogens is 1. The zero-order valence-corrected chi connectivity index (χ0v) is 24.2. The van der Waals surface area contributed by atoms with Gasteiger partial charge in [0.15, 0.2) is 22.5 Å². The fourth-order valence-electron chi connectivity index (χ4n) is 4.77. The van der Waals surface area contributed by atoms with E-state index in [1.54, 1.807) is 14.2 Å². The summed E-state index contributed by atoms with van der Waals surface area (Å²) in [5, 5.41) is 14.6. The lowest BCUT2D eigenvalue weighted by Crippen LogP contribution is -2.58. The number of carboxylic acid groups (broad SMARTS) is 1. The molecule has 0 atom stereocenters. The average molecular weight is 585 g/mol. The second kappa shape index (κ2) is 15.1. The topological polar surface area (TPSA) is 166 Å². The molecule has 1 amide bonds. The number of nitrogens with zero attached hydrogens (tertiary/aromatic N) is 3. The standard InChI is InChI=1S/C29H37ClN6O5/c1-40-22-11-7-20(8-12-22)5-3-16-36(19-24(37)38,17-4-6-21-9-13-23(41-2)14-10-21)18-15-33-29(39)25-27(31)35-28(32)26(30)34-25/h7-14H,3-6,15-19H2,1-2H3,(H5-,31,32,33,35,37,38,39). The number of rotatable bonds is 16.